The van der Waals surface area contributed by atoms with Gasteiger partial charge < -0.3 is 14.6 Å². The molecule has 0 aliphatic carbocycles. The Bertz CT molecular complexity index is 549. The molecule has 0 fully saturated rings. The number of phenols is 1. The van der Waals surface area contributed by atoms with Gasteiger partial charge in [-0.05, 0) is 29.3 Å². The predicted octanol–water partition coefficient (Wildman–Crippen LogP) is 2.71. The van der Waals surface area contributed by atoms with Crippen LogP contribution in [-0.4, -0.2) is 11.9 Å². The molecule has 1 aliphatic rings. The van der Waals surface area contributed by atoms with Crippen molar-refractivity contribution in [3.8, 4) is 17.2 Å². The molecule has 0 radical (unpaired) electrons. The van der Waals surface area contributed by atoms with Crippen LogP contribution < -0.4 is 9.47 Å². The normalized spacial score (nSPS) is 12.7. The standard InChI is InChI=1S/C14H12O3/c15-12-4-2-1-3-11(12)7-10-5-6-13-14(8-10)17-9-16-13/h1-6,8,15H,7,9H2. The van der Waals surface area contributed by atoms with Crippen LogP contribution in [0.1, 0.15) is 11.1 Å². The SMILES string of the molecule is Oc1ccccc1Cc1ccc2c(c1)OCO2. The van der Waals surface area contributed by atoms with Gasteiger partial charge in [-0.2, -0.15) is 0 Å². The van der Waals surface area contributed by atoms with E-state index < -0.39 is 0 Å². The minimum atomic E-state index is 0.287. The predicted molar refractivity (Wildman–Crippen MR) is 63.5 cm³/mol. The number of phenolic OH excluding ortho intramolecular Hbond substituents is 1. The van der Waals surface area contributed by atoms with Gasteiger partial charge in [-0.25, -0.2) is 0 Å². The van der Waals surface area contributed by atoms with Gasteiger partial charge in [-0.3, -0.25) is 0 Å². The Morgan fingerprint density at radius 1 is 1.00 bits per heavy atom. The van der Waals surface area contributed by atoms with Gasteiger partial charge >= 0.3 is 0 Å². The number of hydrogen-bond donors (Lipinski definition) is 1. The Balaban J connectivity index is 1.89. The molecule has 3 heteroatoms. The van der Waals surface area contributed by atoms with Gasteiger partial charge in [-0.15, -0.1) is 0 Å². The summed E-state index contributed by atoms with van der Waals surface area (Å²) >= 11 is 0. The van der Waals surface area contributed by atoms with Gasteiger partial charge in [0.2, 0.25) is 6.79 Å². The first-order chi connectivity index (χ1) is 8.33. The quantitative estimate of drug-likeness (QED) is 0.858. The average Bonchev–Trinajstić information content (AvgIpc) is 2.79. The molecule has 0 saturated carbocycles. The topological polar surface area (TPSA) is 38.7 Å². The zero-order valence-corrected chi connectivity index (χ0v) is 9.22. The monoisotopic (exact) mass is 228 g/mol. The lowest BCUT2D eigenvalue weighted by Crippen LogP contribution is -1.93. The molecule has 0 bridgehead atoms. The van der Waals surface area contributed by atoms with E-state index in [1.54, 1.807) is 6.07 Å². The summed E-state index contributed by atoms with van der Waals surface area (Å²) in [4.78, 5) is 0. The summed E-state index contributed by atoms with van der Waals surface area (Å²) in [7, 11) is 0. The van der Waals surface area contributed by atoms with Crippen LogP contribution in [0.25, 0.3) is 0 Å². The molecule has 0 atom stereocenters. The molecule has 0 saturated heterocycles. The van der Waals surface area contributed by atoms with Crippen LogP contribution in [0.5, 0.6) is 17.2 Å². The van der Waals surface area contributed by atoms with Crippen molar-refractivity contribution in [2.24, 2.45) is 0 Å². The molecule has 1 aliphatic heterocycles. The second-order valence-corrected chi connectivity index (χ2v) is 3.99. The molecule has 17 heavy (non-hydrogen) atoms. The van der Waals surface area contributed by atoms with Crippen molar-refractivity contribution in [3.05, 3.63) is 53.6 Å². The molecular formula is C14H12O3. The van der Waals surface area contributed by atoms with Gasteiger partial charge in [0.15, 0.2) is 11.5 Å². The molecule has 1 N–H and O–H groups in total. The Morgan fingerprint density at radius 3 is 2.71 bits per heavy atom. The fourth-order valence-corrected chi connectivity index (χ4v) is 1.93. The van der Waals surface area contributed by atoms with Crippen molar-refractivity contribution in [3.63, 3.8) is 0 Å². The molecule has 0 spiro atoms. The Kier molecular flexibility index (Phi) is 2.37. The third kappa shape index (κ3) is 1.91. The highest BCUT2D eigenvalue weighted by Gasteiger charge is 2.13. The maximum Gasteiger partial charge on any atom is 0.231 e. The Hall–Kier alpha value is -2.16. The van der Waals surface area contributed by atoms with Gasteiger partial charge in [0.25, 0.3) is 0 Å². The van der Waals surface area contributed by atoms with E-state index in [-0.39, 0.29) is 6.79 Å². The van der Waals surface area contributed by atoms with Crippen LogP contribution in [0.3, 0.4) is 0 Å². The molecule has 0 unspecified atom stereocenters. The number of hydrogen-bond acceptors (Lipinski definition) is 3. The maximum absolute atomic E-state index is 9.71. The van der Waals surface area contributed by atoms with Crippen molar-refractivity contribution >= 4 is 0 Å². The van der Waals surface area contributed by atoms with Gasteiger partial charge in [0.05, 0.1) is 0 Å². The minimum Gasteiger partial charge on any atom is -0.508 e. The lowest BCUT2D eigenvalue weighted by Gasteiger charge is -2.05. The Morgan fingerprint density at radius 2 is 1.82 bits per heavy atom. The summed E-state index contributed by atoms with van der Waals surface area (Å²) in [5, 5.41) is 9.71. The van der Waals surface area contributed by atoms with E-state index in [1.165, 1.54) is 0 Å². The van der Waals surface area contributed by atoms with Crippen molar-refractivity contribution in [2.75, 3.05) is 6.79 Å². The molecule has 86 valence electrons. The highest BCUT2D eigenvalue weighted by atomic mass is 16.7. The summed E-state index contributed by atoms with van der Waals surface area (Å²) in [5.41, 5.74) is 2.00. The first-order valence-corrected chi connectivity index (χ1v) is 5.48. The summed E-state index contributed by atoms with van der Waals surface area (Å²) in [6.07, 6.45) is 0.684. The number of rotatable bonds is 2. The number of aromatic hydroxyl groups is 1. The molecule has 0 aromatic heterocycles. The van der Waals surface area contributed by atoms with E-state index in [1.807, 2.05) is 36.4 Å². The van der Waals surface area contributed by atoms with Crippen LogP contribution in [0, 0.1) is 0 Å². The number of fused-ring (bicyclic) bond motifs is 1. The largest absolute Gasteiger partial charge is 0.508 e. The highest BCUT2D eigenvalue weighted by molar-refractivity contribution is 5.46. The lowest BCUT2D eigenvalue weighted by molar-refractivity contribution is 0.174. The highest BCUT2D eigenvalue weighted by Crippen LogP contribution is 2.33. The Labute approximate surface area is 99.2 Å². The number of para-hydroxylation sites is 1. The summed E-state index contributed by atoms with van der Waals surface area (Å²) in [6.45, 7) is 0.287. The lowest BCUT2D eigenvalue weighted by atomic mass is 10.0. The van der Waals surface area contributed by atoms with E-state index in [9.17, 15) is 5.11 Å². The van der Waals surface area contributed by atoms with E-state index in [0.717, 1.165) is 22.6 Å². The van der Waals surface area contributed by atoms with Crippen LogP contribution in [-0.2, 0) is 6.42 Å². The van der Waals surface area contributed by atoms with Crippen molar-refractivity contribution in [1.82, 2.24) is 0 Å². The molecule has 1 heterocycles. The van der Waals surface area contributed by atoms with Crippen LogP contribution >= 0.6 is 0 Å². The summed E-state index contributed by atoms with van der Waals surface area (Å²) < 4.78 is 10.6. The molecule has 2 aromatic rings. The van der Waals surface area contributed by atoms with E-state index >= 15 is 0 Å². The molecule has 3 nitrogen and oxygen atoms in total. The van der Waals surface area contributed by atoms with Crippen LogP contribution in [0.2, 0.25) is 0 Å². The number of ether oxygens (including phenoxy) is 2. The molecule has 2 aromatic carbocycles. The number of benzene rings is 2. The van der Waals surface area contributed by atoms with Crippen LogP contribution in [0.4, 0.5) is 0 Å². The van der Waals surface area contributed by atoms with Crippen molar-refractivity contribution in [1.29, 1.82) is 0 Å². The third-order valence-electron chi connectivity index (χ3n) is 2.82. The second-order valence-electron chi connectivity index (χ2n) is 3.99. The molecular weight excluding hydrogens is 216 g/mol. The first-order valence-electron chi connectivity index (χ1n) is 5.48. The average molecular weight is 228 g/mol. The maximum atomic E-state index is 9.71. The van der Waals surface area contributed by atoms with Crippen LogP contribution in [0.15, 0.2) is 42.5 Å². The third-order valence-corrected chi connectivity index (χ3v) is 2.82. The van der Waals surface area contributed by atoms with Crippen molar-refractivity contribution < 1.29 is 14.6 Å². The zero-order valence-electron chi connectivity index (χ0n) is 9.22. The van der Waals surface area contributed by atoms with Gasteiger partial charge in [-0.1, -0.05) is 24.3 Å². The van der Waals surface area contributed by atoms with Gasteiger partial charge in [0, 0.05) is 6.42 Å². The molecule has 0 amide bonds. The van der Waals surface area contributed by atoms with E-state index in [2.05, 4.69) is 0 Å². The van der Waals surface area contributed by atoms with E-state index in [4.69, 9.17) is 9.47 Å². The minimum absolute atomic E-state index is 0.287. The zero-order chi connectivity index (χ0) is 11.7. The summed E-state index contributed by atoms with van der Waals surface area (Å²) in [6, 6.07) is 13.2. The fourth-order valence-electron chi connectivity index (χ4n) is 1.93. The first kappa shape index (κ1) is 10.0. The van der Waals surface area contributed by atoms with Crippen molar-refractivity contribution in [2.45, 2.75) is 6.42 Å². The second kappa shape index (κ2) is 4.01. The molecule has 3 rings (SSSR count). The smallest absolute Gasteiger partial charge is 0.231 e. The van der Waals surface area contributed by atoms with Gasteiger partial charge in [0.1, 0.15) is 5.75 Å². The van der Waals surface area contributed by atoms with E-state index in [0.29, 0.717) is 12.2 Å². The summed E-state index contributed by atoms with van der Waals surface area (Å²) in [5.74, 6) is 1.88. The fraction of sp³-hybridized carbons (Fsp3) is 0.143.